The van der Waals surface area contributed by atoms with Crippen molar-refractivity contribution in [3.05, 3.63) is 24.3 Å². The Bertz CT molecular complexity index is 161. The Morgan fingerprint density at radius 1 is 1.64 bits per heavy atom. The Balaban J connectivity index is 4.19. The molecule has 2 heteroatoms. The average Bonchev–Trinajstić information content (AvgIpc) is 1.83. The van der Waals surface area contributed by atoms with E-state index in [4.69, 9.17) is 5.73 Å². The van der Waals surface area contributed by atoms with E-state index in [-0.39, 0.29) is 4.75 Å². The summed E-state index contributed by atoms with van der Waals surface area (Å²) in [6, 6.07) is 0. The van der Waals surface area contributed by atoms with E-state index in [2.05, 4.69) is 33.9 Å². The van der Waals surface area contributed by atoms with Crippen LogP contribution in [0.4, 0.5) is 0 Å². The van der Waals surface area contributed by atoms with Crippen molar-refractivity contribution >= 4 is 11.8 Å². The minimum Gasteiger partial charge on any atom is -0.394 e. The van der Waals surface area contributed by atoms with Gasteiger partial charge in [0.25, 0.3) is 0 Å². The Labute approximate surface area is 73.7 Å². The van der Waals surface area contributed by atoms with Crippen LogP contribution >= 0.6 is 11.8 Å². The summed E-state index contributed by atoms with van der Waals surface area (Å²) in [5.74, 6) is 0.438. The van der Waals surface area contributed by atoms with Gasteiger partial charge >= 0.3 is 0 Å². The Hall–Kier alpha value is -0.370. The number of rotatable bonds is 4. The van der Waals surface area contributed by atoms with Crippen molar-refractivity contribution in [1.82, 2.24) is 0 Å². The van der Waals surface area contributed by atoms with Gasteiger partial charge in [0.05, 0.1) is 5.03 Å². The van der Waals surface area contributed by atoms with E-state index < -0.39 is 0 Å². The van der Waals surface area contributed by atoms with E-state index in [9.17, 15) is 0 Å². The molecule has 0 aliphatic carbocycles. The van der Waals surface area contributed by atoms with Gasteiger partial charge in [-0.05, 0) is 19.8 Å². The predicted molar refractivity (Wildman–Crippen MR) is 54.4 cm³/mol. The fourth-order valence-electron chi connectivity index (χ4n) is 0.715. The van der Waals surface area contributed by atoms with Crippen LogP contribution in [0.3, 0.4) is 0 Å². The molecule has 0 radical (unpaired) electrons. The van der Waals surface area contributed by atoms with Crippen LogP contribution in [0.5, 0.6) is 0 Å². The summed E-state index contributed by atoms with van der Waals surface area (Å²) in [6.45, 7) is 13.8. The molecule has 0 saturated carbocycles. The third-order valence-electron chi connectivity index (χ3n) is 1.84. The lowest BCUT2D eigenvalue weighted by atomic mass is 9.97. The lowest BCUT2D eigenvalue weighted by Crippen LogP contribution is -2.24. The van der Waals surface area contributed by atoms with Crippen molar-refractivity contribution in [2.45, 2.75) is 25.5 Å². The molecule has 0 aliphatic rings. The summed E-state index contributed by atoms with van der Waals surface area (Å²) in [5, 5.41) is 0.670. The van der Waals surface area contributed by atoms with Crippen LogP contribution in [-0.4, -0.2) is 4.75 Å². The lowest BCUT2D eigenvalue weighted by molar-refractivity contribution is 0.557. The Morgan fingerprint density at radius 3 is 2.36 bits per heavy atom. The standard InChI is InChI=1S/C9H17NS/c1-6-7(2)9(4,5)11-8(3)10/h6-7H,1,3,10H2,2,4-5H3. The molecule has 1 nitrogen and oxygen atoms in total. The maximum atomic E-state index is 5.51. The number of nitrogens with two attached hydrogens (primary N) is 1. The van der Waals surface area contributed by atoms with E-state index >= 15 is 0 Å². The second kappa shape index (κ2) is 3.86. The van der Waals surface area contributed by atoms with Crippen molar-refractivity contribution in [2.75, 3.05) is 0 Å². The largest absolute Gasteiger partial charge is 0.394 e. The van der Waals surface area contributed by atoms with Gasteiger partial charge in [0.15, 0.2) is 0 Å². The van der Waals surface area contributed by atoms with Crippen LogP contribution in [-0.2, 0) is 0 Å². The molecule has 0 aliphatic heterocycles. The molecule has 2 N–H and O–H groups in total. The average molecular weight is 171 g/mol. The highest BCUT2D eigenvalue weighted by atomic mass is 32.2. The molecule has 0 aromatic rings. The summed E-state index contributed by atoms with van der Waals surface area (Å²) in [4.78, 5) is 0. The van der Waals surface area contributed by atoms with Crippen LogP contribution in [0.15, 0.2) is 24.3 Å². The van der Waals surface area contributed by atoms with Crippen LogP contribution in [0.2, 0.25) is 0 Å². The number of hydrogen-bond acceptors (Lipinski definition) is 2. The first-order valence-corrected chi connectivity index (χ1v) is 4.47. The van der Waals surface area contributed by atoms with Gasteiger partial charge in [0.1, 0.15) is 0 Å². The minimum absolute atomic E-state index is 0.105. The fourth-order valence-corrected chi connectivity index (χ4v) is 1.67. The third kappa shape index (κ3) is 3.51. The second-order valence-corrected chi connectivity index (χ2v) is 4.98. The zero-order valence-corrected chi connectivity index (χ0v) is 8.37. The quantitative estimate of drug-likeness (QED) is 0.658. The summed E-state index contributed by atoms with van der Waals surface area (Å²) < 4.78 is 0.105. The summed E-state index contributed by atoms with van der Waals surface area (Å²) in [5.41, 5.74) is 5.51. The minimum atomic E-state index is 0.105. The summed E-state index contributed by atoms with van der Waals surface area (Å²) in [6.07, 6.45) is 1.94. The lowest BCUT2D eigenvalue weighted by Gasteiger charge is -2.28. The Kier molecular flexibility index (Phi) is 3.73. The molecule has 64 valence electrons. The molecule has 1 atom stereocenters. The van der Waals surface area contributed by atoms with Gasteiger partial charge in [-0.3, -0.25) is 0 Å². The molecule has 0 spiro atoms. The monoisotopic (exact) mass is 171 g/mol. The molecular formula is C9H17NS. The number of hydrogen-bond donors (Lipinski definition) is 1. The van der Waals surface area contributed by atoms with Crippen LogP contribution in [0.1, 0.15) is 20.8 Å². The number of thioether (sulfide) groups is 1. The number of allylic oxidation sites excluding steroid dienone is 1. The molecule has 0 bridgehead atoms. The SMILES string of the molecule is C=CC(C)C(C)(C)SC(=C)N. The maximum Gasteiger partial charge on any atom is 0.0587 e. The van der Waals surface area contributed by atoms with Crippen LogP contribution in [0.25, 0.3) is 0 Å². The van der Waals surface area contributed by atoms with Crippen molar-refractivity contribution in [3.8, 4) is 0 Å². The molecule has 0 aromatic carbocycles. The van der Waals surface area contributed by atoms with Gasteiger partial charge < -0.3 is 5.73 Å². The van der Waals surface area contributed by atoms with Gasteiger partial charge in [-0.25, -0.2) is 0 Å². The molecule has 0 rings (SSSR count). The van der Waals surface area contributed by atoms with Gasteiger partial charge in [-0.2, -0.15) is 0 Å². The second-order valence-electron chi connectivity index (χ2n) is 3.20. The molecule has 0 saturated heterocycles. The molecule has 0 amide bonds. The van der Waals surface area contributed by atoms with E-state index in [1.807, 2.05) is 6.08 Å². The first-order chi connectivity index (χ1) is 4.90. The molecular weight excluding hydrogens is 154 g/mol. The van der Waals surface area contributed by atoms with Gasteiger partial charge in [0.2, 0.25) is 0 Å². The van der Waals surface area contributed by atoms with Crippen LogP contribution in [0, 0.1) is 5.92 Å². The van der Waals surface area contributed by atoms with Crippen molar-refractivity contribution in [2.24, 2.45) is 11.7 Å². The first-order valence-electron chi connectivity index (χ1n) is 3.66. The zero-order valence-electron chi connectivity index (χ0n) is 7.55. The maximum absolute atomic E-state index is 5.51. The molecule has 0 heterocycles. The van der Waals surface area contributed by atoms with Crippen molar-refractivity contribution in [3.63, 3.8) is 0 Å². The highest BCUT2D eigenvalue weighted by molar-refractivity contribution is 8.04. The fraction of sp³-hybridized carbons (Fsp3) is 0.556. The highest BCUT2D eigenvalue weighted by Crippen LogP contribution is 2.35. The zero-order chi connectivity index (χ0) is 9.07. The summed E-state index contributed by atoms with van der Waals surface area (Å²) in [7, 11) is 0. The predicted octanol–water partition coefficient (Wildman–Crippen LogP) is 2.75. The van der Waals surface area contributed by atoms with E-state index in [0.29, 0.717) is 10.9 Å². The van der Waals surface area contributed by atoms with Gasteiger partial charge in [-0.15, -0.1) is 18.3 Å². The van der Waals surface area contributed by atoms with Crippen LogP contribution < -0.4 is 5.73 Å². The Morgan fingerprint density at radius 2 is 2.09 bits per heavy atom. The smallest absolute Gasteiger partial charge is 0.0587 e. The molecule has 0 fully saturated rings. The molecule has 1 unspecified atom stereocenters. The van der Waals surface area contributed by atoms with Crippen molar-refractivity contribution < 1.29 is 0 Å². The topological polar surface area (TPSA) is 26.0 Å². The first kappa shape index (κ1) is 10.6. The van der Waals surface area contributed by atoms with Gasteiger partial charge in [-0.1, -0.05) is 19.6 Å². The van der Waals surface area contributed by atoms with E-state index in [0.717, 1.165) is 0 Å². The highest BCUT2D eigenvalue weighted by Gasteiger charge is 2.24. The van der Waals surface area contributed by atoms with E-state index in [1.54, 1.807) is 11.8 Å². The van der Waals surface area contributed by atoms with Crippen molar-refractivity contribution in [1.29, 1.82) is 0 Å². The molecule has 11 heavy (non-hydrogen) atoms. The van der Waals surface area contributed by atoms with Gasteiger partial charge in [0, 0.05) is 4.75 Å². The normalized spacial score (nSPS) is 14.1. The third-order valence-corrected chi connectivity index (χ3v) is 3.00. The molecule has 0 aromatic heterocycles. The summed E-state index contributed by atoms with van der Waals surface area (Å²) >= 11 is 1.60. The van der Waals surface area contributed by atoms with E-state index in [1.165, 1.54) is 0 Å².